The second-order valence-corrected chi connectivity index (χ2v) is 5.88. The van der Waals surface area contributed by atoms with Gasteiger partial charge in [0.25, 0.3) is 0 Å². The third-order valence-electron chi connectivity index (χ3n) is 3.71. The van der Waals surface area contributed by atoms with Crippen molar-refractivity contribution in [2.24, 2.45) is 5.92 Å². The van der Waals surface area contributed by atoms with Crippen LogP contribution in [0.15, 0.2) is 24.3 Å². The van der Waals surface area contributed by atoms with Gasteiger partial charge in [0.05, 0.1) is 4.70 Å². The number of aromatic nitrogens is 1. The molecule has 3 nitrogen and oxygen atoms in total. The van der Waals surface area contributed by atoms with E-state index in [1.807, 2.05) is 0 Å². The van der Waals surface area contributed by atoms with Crippen LogP contribution in [0.3, 0.4) is 0 Å². The van der Waals surface area contributed by atoms with Crippen molar-refractivity contribution in [2.75, 3.05) is 31.6 Å². The van der Waals surface area contributed by atoms with Crippen LogP contribution in [0.5, 0.6) is 0 Å². The van der Waals surface area contributed by atoms with Crippen LogP contribution in [-0.2, 0) is 0 Å². The van der Waals surface area contributed by atoms with Crippen molar-refractivity contribution in [3.8, 4) is 0 Å². The summed E-state index contributed by atoms with van der Waals surface area (Å²) in [6, 6.07) is 8.50. The van der Waals surface area contributed by atoms with Crippen LogP contribution in [0.1, 0.15) is 12.8 Å². The van der Waals surface area contributed by atoms with Crippen molar-refractivity contribution in [1.29, 1.82) is 0 Å². The maximum atomic E-state index is 4.61. The molecule has 3 rings (SSSR count). The monoisotopic (exact) mass is 261 g/mol. The molecule has 0 radical (unpaired) electrons. The van der Waals surface area contributed by atoms with Gasteiger partial charge in [0.15, 0.2) is 0 Å². The molecule has 1 aromatic carbocycles. The zero-order valence-corrected chi connectivity index (χ0v) is 11.5. The Morgan fingerprint density at radius 1 is 1.33 bits per heavy atom. The summed E-state index contributed by atoms with van der Waals surface area (Å²) in [5.74, 6) is 1.95. The third kappa shape index (κ3) is 2.35. The molecular formula is C14H19N3S. The van der Waals surface area contributed by atoms with E-state index in [9.17, 15) is 0 Å². The lowest BCUT2D eigenvalue weighted by atomic mass is 9.98. The number of anilines is 1. The van der Waals surface area contributed by atoms with Crippen LogP contribution in [-0.4, -0.2) is 31.1 Å². The maximum Gasteiger partial charge on any atom is 0.149 e. The Hall–Kier alpha value is -1.13. The molecule has 18 heavy (non-hydrogen) atoms. The number of piperidine rings is 1. The molecule has 1 aromatic heterocycles. The molecule has 1 aliphatic heterocycles. The zero-order chi connectivity index (χ0) is 12.4. The highest BCUT2D eigenvalue weighted by Crippen LogP contribution is 2.29. The van der Waals surface area contributed by atoms with Gasteiger partial charge in [0, 0.05) is 19.0 Å². The lowest BCUT2D eigenvalue weighted by Gasteiger charge is -2.27. The average Bonchev–Trinajstić information content (AvgIpc) is 2.84. The number of benzene rings is 1. The molecule has 1 N–H and O–H groups in total. The first-order chi connectivity index (χ1) is 8.84. The summed E-state index contributed by atoms with van der Waals surface area (Å²) in [7, 11) is 2.17. The summed E-state index contributed by atoms with van der Waals surface area (Å²) < 4.78 is 5.89. The smallest absolute Gasteiger partial charge is 0.149 e. The van der Waals surface area contributed by atoms with E-state index in [0.29, 0.717) is 0 Å². The minimum absolute atomic E-state index is 0.803. The Morgan fingerprint density at radius 2 is 2.11 bits per heavy atom. The number of hydrogen-bond donors (Lipinski definition) is 1. The normalized spacial score (nSPS) is 17.2. The summed E-state index contributed by atoms with van der Waals surface area (Å²) >= 11 is 1.60. The van der Waals surface area contributed by atoms with E-state index in [1.54, 1.807) is 11.5 Å². The molecule has 0 unspecified atom stereocenters. The number of hydrogen-bond acceptors (Lipinski definition) is 4. The molecule has 1 saturated heterocycles. The number of nitrogens with one attached hydrogen (secondary N) is 1. The van der Waals surface area contributed by atoms with E-state index >= 15 is 0 Å². The highest BCUT2D eigenvalue weighted by atomic mass is 32.1. The topological polar surface area (TPSA) is 28.2 Å². The zero-order valence-electron chi connectivity index (χ0n) is 10.7. The van der Waals surface area contributed by atoms with Crippen molar-refractivity contribution >= 4 is 27.4 Å². The fraction of sp³-hybridized carbons (Fsp3) is 0.500. The summed E-state index contributed by atoms with van der Waals surface area (Å²) in [5, 5.41) is 4.71. The fourth-order valence-electron chi connectivity index (χ4n) is 2.69. The molecule has 0 aliphatic carbocycles. The van der Waals surface area contributed by atoms with Gasteiger partial charge in [-0.1, -0.05) is 12.1 Å². The minimum Gasteiger partial charge on any atom is -0.358 e. The van der Waals surface area contributed by atoms with E-state index in [0.717, 1.165) is 31.4 Å². The molecule has 2 heterocycles. The van der Waals surface area contributed by atoms with Crippen LogP contribution in [0.25, 0.3) is 10.1 Å². The quantitative estimate of drug-likeness (QED) is 0.921. The second kappa shape index (κ2) is 5.24. The summed E-state index contributed by atoms with van der Waals surface area (Å²) in [6.07, 6.45) is 2.57. The molecule has 1 aliphatic rings. The Bertz CT molecular complexity index is 516. The largest absolute Gasteiger partial charge is 0.358 e. The molecule has 96 valence electrons. The van der Waals surface area contributed by atoms with Crippen LogP contribution < -0.4 is 10.2 Å². The molecule has 0 bridgehead atoms. The third-order valence-corrected chi connectivity index (χ3v) is 4.53. The first-order valence-corrected chi connectivity index (χ1v) is 7.38. The van der Waals surface area contributed by atoms with Crippen LogP contribution in [0.4, 0.5) is 5.82 Å². The highest BCUT2D eigenvalue weighted by molar-refractivity contribution is 7.13. The molecule has 0 atom stereocenters. The summed E-state index contributed by atoms with van der Waals surface area (Å²) in [4.78, 5) is 2.33. The van der Waals surface area contributed by atoms with E-state index in [-0.39, 0.29) is 0 Å². The average molecular weight is 261 g/mol. The Balaban J connectivity index is 1.76. The first-order valence-electron chi connectivity index (χ1n) is 6.61. The van der Waals surface area contributed by atoms with Crippen molar-refractivity contribution in [2.45, 2.75) is 12.8 Å². The lowest BCUT2D eigenvalue weighted by Crippen LogP contribution is -2.34. The number of fused-ring (bicyclic) bond motifs is 1. The lowest BCUT2D eigenvalue weighted by molar-refractivity contribution is 0.377. The van der Waals surface area contributed by atoms with Crippen molar-refractivity contribution in [3.05, 3.63) is 24.3 Å². The van der Waals surface area contributed by atoms with Gasteiger partial charge in [-0.2, -0.15) is 4.37 Å². The molecule has 1 fully saturated rings. The summed E-state index contributed by atoms with van der Waals surface area (Å²) in [5.41, 5.74) is 0. The second-order valence-electron chi connectivity index (χ2n) is 5.08. The number of rotatable bonds is 3. The van der Waals surface area contributed by atoms with Gasteiger partial charge in [-0.15, -0.1) is 0 Å². The van der Waals surface area contributed by atoms with Gasteiger partial charge in [0.2, 0.25) is 0 Å². The van der Waals surface area contributed by atoms with Crippen molar-refractivity contribution in [3.63, 3.8) is 0 Å². The van der Waals surface area contributed by atoms with Crippen LogP contribution in [0.2, 0.25) is 0 Å². The Morgan fingerprint density at radius 3 is 2.94 bits per heavy atom. The van der Waals surface area contributed by atoms with Crippen molar-refractivity contribution < 1.29 is 0 Å². The minimum atomic E-state index is 0.803. The van der Waals surface area contributed by atoms with Gasteiger partial charge < -0.3 is 10.2 Å². The molecular weight excluding hydrogens is 242 g/mol. The van der Waals surface area contributed by atoms with E-state index in [2.05, 4.69) is 45.9 Å². The van der Waals surface area contributed by atoms with E-state index < -0.39 is 0 Å². The van der Waals surface area contributed by atoms with E-state index in [1.165, 1.54) is 22.9 Å². The van der Waals surface area contributed by atoms with Crippen LogP contribution in [0, 0.1) is 5.92 Å². The Labute approximate surface area is 112 Å². The molecule has 0 saturated carbocycles. The molecule has 4 heteroatoms. The van der Waals surface area contributed by atoms with E-state index in [4.69, 9.17) is 0 Å². The number of nitrogens with zero attached hydrogens (tertiary/aromatic N) is 2. The predicted molar refractivity (Wildman–Crippen MR) is 78.5 cm³/mol. The van der Waals surface area contributed by atoms with Gasteiger partial charge in [-0.05, 0) is 55.5 Å². The predicted octanol–water partition coefficient (Wildman–Crippen LogP) is 2.73. The maximum absolute atomic E-state index is 4.61. The fourth-order valence-corrected chi connectivity index (χ4v) is 3.51. The van der Waals surface area contributed by atoms with Gasteiger partial charge in [-0.3, -0.25) is 0 Å². The summed E-state index contributed by atoms with van der Waals surface area (Å²) in [6.45, 7) is 3.45. The standard InChI is InChI=1S/C14H19N3S/c1-17(10-11-6-8-15-9-7-11)14-12-4-2-3-5-13(12)18-16-14/h2-5,11,15H,6-10H2,1H3. The molecule has 0 amide bonds. The van der Waals surface area contributed by atoms with Gasteiger partial charge >= 0.3 is 0 Å². The van der Waals surface area contributed by atoms with Gasteiger partial charge in [-0.25, -0.2) is 0 Å². The molecule has 2 aromatic rings. The highest BCUT2D eigenvalue weighted by Gasteiger charge is 2.17. The SMILES string of the molecule is CN(CC1CCNCC1)c1nsc2ccccc12. The Kier molecular flexibility index (Phi) is 3.48. The molecule has 0 spiro atoms. The van der Waals surface area contributed by atoms with Gasteiger partial charge in [0.1, 0.15) is 5.82 Å². The first kappa shape index (κ1) is 11.9. The van der Waals surface area contributed by atoms with Crippen molar-refractivity contribution in [1.82, 2.24) is 9.69 Å². The van der Waals surface area contributed by atoms with Crippen LogP contribution >= 0.6 is 11.5 Å².